The van der Waals surface area contributed by atoms with E-state index in [0.717, 1.165) is 11.3 Å². The van der Waals surface area contributed by atoms with Crippen molar-refractivity contribution in [3.63, 3.8) is 0 Å². The first-order valence-corrected chi connectivity index (χ1v) is 5.30. The van der Waals surface area contributed by atoms with Crippen LogP contribution in [0.1, 0.15) is 30.7 Å². The number of anilines is 1. The number of hydrogen-bond acceptors (Lipinski definition) is 3. The standard InChI is InChI=1S/C13H17N3/c1-9(2)5-6-15-13-12(8-14)10(3)7-11(4)16-13/h5,7H,6H2,1-4H3,(H,15,16). The van der Waals surface area contributed by atoms with Gasteiger partial charge in [0.25, 0.3) is 0 Å². The van der Waals surface area contributed by atoms with Crippen LogP contribution in [-0.2, 0) is 0 Å². The molecule has 1 aromatic rings. The maximum atomic E-state index is 9.05. The van der Waals surface area contributed by atoms with Crippen molar-refractivity contribution in [1.82, 2.24) is 4.98 Å². The van der Waals surface area contributed by atoms with Crippen LogP contribution < -0.4 is 5.32 Å². The number of allylic oxidation sites excluding steroid dienone is 1. The molecule has 0 fully saturated rings. The molecule has 1 heterocycles. The summed E-state index contributed by atoms with van der Waals surface area (Å²) in [6.45, 7) is 8.65. The van der Waals surface area contributed by atoms with Gasteiger partial charge in [-0.05, 0) is 39.3 Å². The van der Waals surface area contributed by atoms with Crippen LogP contribution in [0.2, 0.25) is 0 Å². The van der Waals surface area contributed by atoms with E-state index >= 15 is 0 Å². The van der Waals surface area contributed by atoms with E-state index in [1.165, 1.54) is 5.57 Å². The highest BCUT2D eigenvalue weighted by atomic mass is 15.0. The van der Waals surface area contributed by atoms with Gasteiger partial charge in [-0.15, -0.1) is 0 Å². The Labute approximate surface area is 96.8 Å². The quantitative estimate of drug-likeness (QED) is 0.788. The third kappa shape index (κ3) is 3.09. The van der Waals surface area contributed by atoms with Crippen molar-refractivity contribution in [3.05, 3.63) is 34.5 Å². The molecule has 3 heteroatoms. The molecule has 0 radical (unpaired) electrons. The van der Waals surface area contributed by atoms with Crippen LogP contribution in [0.3, 0.4) is 0 Å². The highest BCUT2D eigenvalue weighted by molar-refractivity contribution is 5.56. The number of nitrogens with one attached hydrogen (secondary N) is 1. The van der Waals surface area contributed by atoms with Crippen LogP contribution >= 0.6 is 0 Å². The minimum atomic E-state index is 0.632. The van der Waals surface area contributed by atoms with E-state index in [0.29, 0.717) is 17.9 Å². The van der Waals surface area contributed by atoms with Crippen LogP contribution in [0.15, 0.2) is 17.7 Å². The van der Waals surface area contributed by atoms with Gasteiger partial charge in [0, 0.05) is 12.2 Å². The lowest BCUT2D eigenvalue weighted by atomic mass is 10.1. The molecule has 1 aromatic heterocycles. The van der Waals surface area contributed by atoms with Gasteiger partial charge in [-0.2, -0.15) is 5.26 Å². The summed E-state index contributed by atoms with van der Waals surface area (Å²) < 4.78 is 0. The Bertz CT molecular complexity index is 449. The third-order valence-electron chi connectivity index (χ3n) is 2.24. The topological polar surface area (TPSA) is 48.7 Å². The maximum Gasteiger partial charge on any atom is 0.144 e. The first kappa shape index (κ1) is 12.3. The Morgan fingerprint density at radius 2 is 2.19 bits per heavy atom. The molecule has 1 N–H and O–H groups in total. The van der Waals surface area contributed by atoms with Crippen molar-refractivity contribution in [2.24, 2.45) is 0 Å². The molecule has 3 nitrogen and oxygen atoms in total. The van der Waals surface area contributed by atoms with Gasteiger partial charge >= 0.3 is 0 Å². The van der Waals surface area contributed by atoms with E-state index in [2.05, 4.69) is 22.4 Å². The molecule has 0 aromatic carbocycles. The predicted octanol–water partition coefficient (Wildman–Crippen LogP) is 2.95. The van der Waals surface area contributed by atoms with Crippen molar-refractivity contribution in [2.75, 3.05) is 11.9 Å². The average molecular weight is 215 g/mol. The Hall–Kier alpha value is -1.82. The molecule has 0 saturated carbocycles. The molecule has 0 spiro atoms. The summed E-state index contributed by atoms with van der Waals surface area (Å²) >= 11 is 0. The lowest BCUT2D eigenvalue weighted by Crippen LogP contribution is -2.05. The van der Waals surface area contributed by atoms with Crippen molar-refractivity contribution in [1.29, 1.82) is 5.26 Å². The minimum Gasteiger partial charge on any atom is -0.365 e. The average Bonchev–Trinajstić information content (AvgIpc) is 2.16. The van der Waals surface area contributed by atoms with Crippen molar-refractivity contribution in [3.8, 4) is 6.07 Å². The molecule has 0 aliphatic carbocycles. The summed E-state index contributed by atoms with van der Waals surface area (Å²) in [6, 6.07) is 4.10. The zero-order chi connectivity index (χ0) is 12.1. The van der Waals surface area contributed by atoms with Crippen LogP contribution in [0, 0.1) is 25.2 Å². The zero-order valence-electron chi connectivity index (χ0n) is 10.3. The fraction of sp³-hybridized carbons (Fsp3) is 0.385. The van der Waals surface area contributed by atoms with Gasteiger partial charge in [-0.25, -0.2) is 4.98 Å². The molecule has 0 amide bonds. The molecule has 0 bridgehead atoms. The monoisotopic (exact) mass is 215 g/mol. The van der Waals surface area contributed by atoms with Crippen LogP contribution in [-0.4, -0.2) is 11.5 Å². The summed E-state index contributed by atoms with van der Waals surface area (Å²) in [6.07, 6.45) is 2.07. The third-order valence-corrected chi connectivity index (χ3v) is 2.24. The molecule has 1 rings (SSSR count). The molecule has 0 saturated heterocycles. The number of hydrogen-bond donors (Lipinski definition) is 1. The molecule has 0 aliphatic heterocycles. The normalized spacial score (nSPS) is 9.44. The first-order valence-electron chi connectivity index (χ1n) is 5.30. The number of pyridine rings is 1. The largest absolute Gasteiger partial charge is 0.365 e. The molecule has 0 unspecified atom stereocenters. The van der Waals surface area contributed by atoms with Gasteiger partial charge < -0.3 is 5.32 Å². The Kier molecular flexibility index (Phi) is 4.07. The summed E-state index contributed by atoms with van der Waals surface area (Å²) in [7, 11) is 0. The number of nitriles is 1. The number of nitrogens with zero attached hydrogens (tertiary/aromatic N) is 2. The van der Waals surface area contributed by atoms with E-state index in [4.69, 9.17) is 5.26 Å². The summed E-state index contributed by atoms with van der Waals surface area (Å²) in [5.41, 5.74) is 3.77. The van der Waals surface area contributed by atoms with Gasteiger partial charge in [-0.1, -0.05) is 11.6 Å². The van der Waals surface area contributed by atoms with Gasteiger partial charge in [-0.3, -0.25) is 0 Å². The maximum absolute atomic E-state index is 9.05. The van der Waals surface area contributed by atoms with E-state index in [1.54, 1.807) is 0 Å². The minimum absolute atomic E-state index is 0.632. The number of rotatable bonds is 3. The number of aryl methyl sites for hydroxylation is 2. The fourth-order valence-electron chi connectivity index (χ4n) is 1.46. The van der Waals surface area contributed by atoms with Crippen LogP contribution in [0.25, 0.3) is 0 Å². The van der Waals surface area contributed by atoms with Gasteiger partial charge in [0.1, 0.15) is 11.9 Å². The summed E-state index contributed by atoms with van der Waals surface area (Å²) in [5.74, 6) is 0.678. The van der Waals surface area contributed by atoms with E-state index in [9.17, 15) is 0 Å². The molecule has 0 aliphatic rings. The second kappa shape index (κ2) is 5.32. The van der Waals surface area contributed by atoms with Gasteiger partial charge in [0.15, 0.2) is 0 Å². The predicted molar refractivity (Wildman–Crippen MR) is 66.3 cm³/mol. The lowest BCUT2D eigenvalue weighted by molar-refractivity contribution is 1.12. The SMILES string of the molecule is CC(C)=CCNc1nc(C)cc(C)c1C#N. The summed E-state index contributed by atoms with van der Waals surface area (Å²) in [4.78, 5) is 4.34. The highest BCUT2D eigenvalue weighted by Crippen LogP contribution is 2.17. The molecule has 84 valence electrons. The molecular formula is C13H17N3. The van der Waals surface area contributed by atoms with Crippen molar-refractivity contribution in [2.45, 2.75) is 27.7 Å². The van der Waals surface area contributed by atoms with E-state index in [-0.39, 0.29) is 0 Å². The second-order valence-electron chi connectivity index (χ2n) is 4.08. The molecular weight excluding hydrogens is 198 g/mol. The molecule has 0 atom stereocenters. The highest BCUT2D eigenvalue weighted by Gasteiger charge is 2.06. The first-order chi connectivity index (χ1) is 7.54. The Morgan fingerprint density at radius 1 is 1.50 bits per heavy atom. The number of aromatic nitrogens is 1. The lowest BCUT2D eigenvalue weighted by Gasteiger charge is -2.08. The molecule has 16 heavy (non-hydrogen) atoms. The smallest absolute Gasteiger partial charge is 0.144 e. The van der Waals surface area contributed by atoms with Gasteiger partial charge in [0.2, 0.25) is 0 Å². The van der Waals surface area contributed by atoms with Crippen molar-refractivity contribution >= 4 is 5.82 Å². The second-order valence-corrected chi connectivity index (χ2v) is 4.08. The van der Waals surface area contributed by atoms with Crippen LogP contribution in [0.5, 0.6) is 0 Å². The van der Waals surface area contributed by atoms with Crippen molar-refractivity contribution < 1.29 is 0 Å². The Balaban J connectivity index is 2.95. The van der Waals surface area contributed by atoms with E-state index in [1.807, 2.05) is 33.8 Å². The van der Waals surface area contributed by atoms with E-state index < -0.39 is 0 Å². The van der Waals surface area contributed by atoms with Crippen LogP contribution in [0.4, 0.5) is 5.82 Å². The fourth-order valence-corrected chi connectivity index (χ4v) is 1.46. The summed E-state index contributed by atoms with van der Waals surface area (Å²) in [5, 5.41) is 12.2. The Morgan fingerprint density at radius 3 is 2.75 bits per heavy atom. The van der Waals surface area contributed by atoms with Gasteiger partial charge in [0.05, 0.1) is 5.56 Å². The zero-order valence-corrected chi connectivity index (χ0v) is 10.3.